The van der Waals surface area contributed by atoms with Crippen molar-refractivity contribution >= 4 is 11.6 Å². The van der Waals surface area contributed by atoms with Crippen molar-refractivity contribution in [3.63, 3.8) is 0 Å². The van der Waals surface area contributed by atoms with Gasteiger partial charge in [-0.25, -0.2) is 0 Å². The van der Waals surface area contributed by atoms with E-state index in [9.17, 15) is 4.79 Å². The molecule has 1 amide bonds. The van der Waals surface area contributed by atoms with E-state index < -0.39 is 0 Å². The molecule has 0 aliphatic rings. The van der Waals surface area contributed by atoms with Gasteiger partial charge in [0.25, 0.3) is 0 Å². The average Bonchev–Trinajstić information content (AvgIpc) is 2.61. The topological polar surface area (TPSA) is 55.1 Å². The first kappa shape index (κ1) is 12.4. The molecule has 0 radical (unpaired) electrons. The number of hydrogen-bond acceptors (Lipinski definition) is 3. The predicted octanol–water partition coefficient (Wildman–Crippen LogP) is 2.78. The second-order valence-electron chi connectivity index (χ2n) is 4.40. The Balaban J connectivity index is 2.06. The highest BCUT2D eigenvalue weighted by atomic mass is 16.5. The smallest absolute Gasteiger partial charge is 0.228 e. The summed E-state index contributed by atoms with van der Waals surface area (Å²) in [6, 6.07) is 7.72. The van der Waals surface area contributed by atoms with Crippen molar-refractivity contribution in [2.75, 3.05) is 5.32 Å². The Hall–Kier alpha value is -2.10. The summed E-state index contributed by atoms with van der Waals surface area (Å²) in [4.78, 5) is 11.9. The van der Waals surface area contributed by atoms with Crippen LogP contribution in [0.25, 0.3) is 0 Å². The molecule has 0 aliphatic heterocycles. The van der Waals surface area contributed by atoms with Crippen LogP contribution in [0.1, 0.15) is 22.6 Å². The molecule has 0 aliphatic carbocycles. The Bertz CT molecular complexity index is 553. The lowest BCUT2D eigenvalue weighted by atomic mass is 10.1. The fourth-order valence-electron chi connectivity index (χ4n) is 1.84. The third-order valence-corrected chi connectivity index (χ3v) is 2.82. The summed E-state index contributed by atoms with van der Waals surface area (Å²) in [5.41, 5.74) is 3.56. The van der Waals surface area contributed by atoms with Gasteiger partial charge in [0.2, 0.25) is 5.91 Å². The van der Waals surface area contributed by atoms with Crippen molar-refractivity contribution in [3.05, 3.63) is 46.8 Å². The molecule has 0 bridgehead atoms. The Kier molecular flexibility index (Phi) is 3.46. The van der Waals surface area contributed by atoms with Gasteiger partial charge < -0.3 is 9.84 Å². The summed E-state index contributed by atoms with van der Waals surface area (Å²) in [5.74, 6) is 0.641. The lowest BCUT2D eigenvalue weighted by Gasteiger charge is -2.05. The second-order valence-corrected chi connectivity index (χ2v) is 4.40. The van der Waals surface area contributed by atoms with Crippen LogP contribution in [-0.2, 0) is 11.2 Å². The summed E-state index contributed by atoms with van der Waals surface area (Å²) in [6.07, 6.45) is 0.287. The maximum Gasteiger partial charge on any atom is 0.228 e. The fourth-order valence-corrected chi connectivity index (χ4v) is 1.84. The van der Waals surface area contributed by atoms with E-state index in [-0.39, 0.29) is 12.3 Å². The van der Waals surface area contributed by atoms with Crippen molar-refractivity contribution < 1.29 is 9.32 Å². The number of aryl methyl sites for hydroxylation is 3. The van der Waals surface area contributed by atoms with Gasteiger partial charge in [0.05, 0.1) is 12.1 Å². The zero-order chi connectivity index (χ0) is 13.1. The van der Waals surface area contributed by atoms with Crippen LogP contribution in [0.2, 0.25) is 0 Å². The standard InChI is InChI=1S/C14H16N2O2/c1-9-5-4-6-12(7-9)15-14(17)8-13-10(2)16-18-11(13)3/h4-7H,8H2,1-3H3,(H,15,17). The summed E-state index contributed by atoms with van der Waals surface area (Å²) < 4.78 is 5.04. The van der Waals surface area contributed by atoms with Crippen LogP contribution < -0.4 is 5.32 Å². The van der Waals surface area contributed by atoms with Gasteiger partial charge in [0, 0.05) is 11.3 Å². The fraction of sp³-hybridized carbons (Fsp3) is 0.286. The van der Waals surface area contributed by atoms with Crippen molar-refractivity contribution in [1.82, 2.24) is 5.16 Å². The summed E-state index contributed by atoms with van der Waals surface area (Å²) in [5, 5.41) is 6.70. The van der Waals surface area contributed by atoms with Gasteiger partial charge in [-0.05, 0) is 38.5 Å². The highest BCUT2D eigenvalue weighted by Gasteiger charge is 2.13. The number of nitrogens with one attached hydrogen (secondary N) is 1. The number of hydrogen-bond donors (Lipinski definition) is 1. The number of rotatable bonds is 3. The lowest BCUT2D eigenvalue weighted by Crippen LogP contribution is -2.15. The van der Waals surface area contributed by atoms with Crippen LogP contribution >= 0.6 is 0 Å². The Morgan fingerprint density at radius 1 is 1.33 bits per heavy atom. The number of carbonyl (C=O) groups excluding carboxylic acids is 1. The number of carbonyl (C=O) groups is 1. The summed E-state index contributed by atoms with van der Waals surface area (Å²) in [6.45, 7) is 5.64. The maximum absolute atomic E-state index is 11.9. The van der Waals surface area contributed by atoms with Gasteiger partial charge in [-0.1, -0.05) is 17.3 Å². The third-order valence-electron chi connectivity index (χ3n) is 2.82. The summed E-state index contributed by atoms with van der Waals surface area (Å²) >= 11 is 0. The number of aromatic nitrogens is 1. The zero-order valence-corrected chi connectivity index (χ0v) is 10.8. The molecule has 2 rings (SSSR count). The molecule has 0 atom stereocenters. The van der Waals surface area contributed by atoms with E-state index in [2.05, 4.69) is 10.5 Å². The van der Waals surface area contributed by atoms with Crippen LogP contribution in [0.4, 0.5) is 5.69 Å². The maximum atomic E-state index is 11.9. The highest BCUT2D eigenvalue weighted by molar-refractivity contribution is 5.92. The van der Waals surface area contributed by atoms with Crippen molar-refractivity contribution in [1.29, 1.82) is 0 Å². The minimum absolute atomic E-state index is 0.0602. The predicted molar refractivity (Wildman–Crippen MR) is 69.5 cm³/mol. The Morgan fingerprint density at radius 2 is 2.11 bits per heavy atom. The van der Waals surface area contributed by atoms with Crippen LogP contribution in [0.15, 0.2) is 28.8 Å². The zero-order valence-electron chi connectivity index (χ0n) is 10.8. The van der Waals surface area contributed by atoms with Crippen LogP contribution in [0.3, 0.4) is 0 Å². The normalized spacial score (nSPS) is 10.4. The molecule has 2 aromatic rings. The molecule has 1 aromatic heterocycles. The molecule has 4 heteroatoms. The van der Waals surface area contributed by atoms with E-state index in [0.717, 1.165) is 22.5 Å². The highest BCUT2D eigenvalue weighted by Crippen LogP contribution is 2.15. The van der Waals surface area contributed by atoms with Gasteiger partial charge in [0.15, 0.2) is 0 Å². The third kappa shape index (κ3) is 2.77. The minimum Gasteiger partial charge on any atom is -0.361 e. The van der Waals surface area contributed by atoms with E-state index in [0.29, 0.717) is 5.76 Å². The largest absolute Gasteiger partial charge is 0.361 e. The molecule has 0 saturated heterocycles. The molecular formula is C14H16N2O2. The van der Waals surface area contributed by atoms with Crippen LogP contribution in [0, 0.1) is 20.8 Å². The molecule has 1 heterocycles. The van der Waals surface area contributed by atoms with Crippen molar-refractivity contribution in [3.8, 4) is 0 Å². The number of anilines is 1. The first-order chi connectivity index (χ1) is 8.56. The average molecular weight is 244 g/mol. The molecule has 1 N–H and O–H groups in total. The molecule has 0 spiro atoms. The Labute approximate surface area is 106 Å². The quantitative estimate of drug-likeness (QED) is 0.903. The molecule has 0 unspecified atom stereocenters. The molecule has 1 aromatic carbocycles. The van der Waals surface area contributed by atoms with Crippen molar-refractivity contribution in [2.24, 2.45) is 0 Å². The molecule has 0 fully saturated rings. The molecule has 94 valence electrons. The van der Waals surface area contributed by atoms with Gasteiger partial charge in [0.1, 0.15) is 5.76 Å². The second kappa shape index (κ2) is 5.04. The van der Waals surface area contributed by atoms with E-state index in [1.807, 2.05) is 45.0 Å². The van der Waals surface area contributed by atoms with Crippen molar-refractivity contribution in [2.45, 2.75) is 27.2 Å². The summed E-state index contributed by atoms with van der Waals surface area (Å²) in [7, 11) is 0. The molecule has 4 nitrogen and oxygen atoms in total. The molecular weight excluding hydrogens is 228 g/mol. The SMILES string of the molecule is Cc1cccc(NC(=O)Cc2c(C)noc2C)c1. The lowest BCUT2D eigenvalue weighted by molar-refractivity contribution is -0.115. The number of amides is 1. The van der Waals surface area contributed by atoms with E-state index >= 15 is 0 Å². The minimum atomic E-state index is -0.0602. The number of nitrogens with zero attached hydrogens (tertiary/aromatic N) is 1. The van der Waals surface area contributed by atoms with E-state index in [1.165, 1.54) is 0 Å². The molecule has 0 saturated carbocycles. The van der Waals surface area contributed by atoms with Gasteiger partial charge in [-0.3, -0.25) is 4.79 Å². The monoisotopic (exact) mass is 244 g/mol. The Morgan fingerprint density at radius 3 is 2.72 bits per heavy atom. The van der Waals surface area contributed by atoms with E-state index in [4.69, 9.17) is 4.52 Å². The van der Waals surface area contributed by atoms with Crippen LogP contribution in [-0.4, -0.2) is 11.1 Å². The van der Waals surface area contributed by atoms with Gasteiger partial charge >= 0.3 is 0 Å². The van der Waals surface area contributed by atoms with Gasteiger partial charge in [-0.15, -0.1) is 0 Å². The van der Waals surface area contributed by atoms with Crippen LogP contribution in [0.5, 0.6) is 0 Å². The first-order valence-electron chi connectivity index (χ1n) is 5.84. The molecule has 18 heavy (non-hydrogen) atoms. The number of benzene rings is 1. The first-order valence-corrected chi connectivity index (χ1v) is 5.84. The van der Waals surface area contributed by atoms with Gasteiger partial charge in [-0.2, -0.15) is 0 Å². The van der Waals surface area contributed by atoms with E-state index in [1.54, 1.807) is 0 Å².